The number of aromatic nitrogens is 2. The lowest BCUT2D eigenvalue weighted by atomic mass is 10.2. The maximum atomic E-state index is 12.9. The Kier molecular flexibility index (Phi) is 6.61. The third-order valence-corrected chi connectivity index (χ3v) is 5.84. The van der Waals surface area contributed by atoms with Gasteiger partial charge >= 0.3 is 0 Å². The van der Waals surface area contributed by atoms with Gasteiger partial charge in [0.2, 0.25) is 0 Å². The molecule has 0 bridgehead atoms. The predicted octanol–water partition coefficient (Wildman–Crippen LogP) is 4.68. The van der Waals surface area contributed by atoms with Crippen LogP contribution in [-0.4, -0.2) is 21.6 Å². The molecule has 1 unspecified atom stereocenters. The van der Waals surface area contributed by atoms with Gasteiger partial charge in [-0.25, -0.2) is 4.98 Å². The molecule has 164 valence electrons. The Morgan fingerprint density at radius 2 is 1.91 bits per heavy atom. The minimum Gasteiger partial charge on any atom is -0.481 e. The summed E-state index contributed by atoms with van der Waals surface area (Å²) in [5.41, 5.74) is 1.55. The molecule has 1 N–H and O–H groups in total. The molecule has 2 aromatic heterocycles. The van der Waals surface area contributed by atoms with Gasteiger partial charge in [0.25, 0.3) is 11.5 Å². The molecule has 32 heavy (non-hydrogen) atoms. The van der Waals surface area contributed by atoms with E-state index in [4.69, 9.17) is 9.26 Å². The van der Waals surface area contributed by atoms with E-state index in [9.17, 15) is 9.59 Å². The van der Waals surface area contributed by atoms with E-state index in [1.807, 2.05) is 61.5 Å². The summed E-state index contributed by atoms with van der Waals surface area (Å²) in [6.45, 7) is 3.68. The van der Waals surface area contributed by atoms with Crippen molar-refractivity contribution >= 4 is 29.0 Å². The van der Waals surface area contributed by atoms with Crippen LogP contribution in [0.4, 0.5) is 5.69 Å². The van der Waals surface area contributed by atoms with Gasteiger partial charge in [-0.1, -0.05) is 37.3 Å². The Bertz CT molecular complexity index is 1280. The number of fused-ring (bicyclic) bond motifs is 1. The van der Waals surface area contributed by atoms with Crippen LogP contribution in [0.3, 0.4) is 0 Å². The van der Waals surface area contributed by atoms with Crippen LogP contribution in [0.2, 0.25) is 0 Å². The van der Waals surface area contributed by atoms with E-state index < -0.39 is 6.10 Å². The van der Waals surface area contributed by atoms with E-state index >= 15 is 0 Å². The second-order valence-electron chi connectivity index (χ2n) is 7.19. The second-order valence-corrected chi connectivity index (χ2v) is 8.20. The van der Waals surface area contributed by atoms with Gasteiger partial charge in [0.1, 0.15) is 11.5 Å². The number of rotatable bonds is 8. The number of para-hydroxylation sites is 2. The van der Waals surface area contributed by atoms with Crippen LogP contribution < -0.4 is 15.6 Å². The van der Waals surface area contributed by atoms with Crippen molar-refractivity contribution in [1.82, 2.24) is 9.56 Å². The first kappa shape index (κ1) is 21.7. The van der Waals surface area contributed by atoms with Crippen LogP contribution in [-0.2, 0) is 10.5 Å². The molecule has 0 aliphatic rings. The zero-order valence-electron chi connectivity index (χ0n) is 17.8. The Labute approximate surface area is 189 Å². The molecule has 0 fully saturated rings. The van der Waals surface area contributed by atoms with Crippen molar-refractivity contribution in [3.8, 4) is 5.75 Å². The van der Waals surface area contributed by atoms with Crippen molar-refractivity contribution in [2.45, 2.75) is 37.0 Å². The molecule has 2 aromatic carbocycles. The molecular formula is C24H23N3O4S. The maximum Gasteiger partial charge on any atom is 0.287 e. The summed E-state index contributed by atoms with van der Waals surface area (Å²) in [6, 6.07) is 20.0. The molecule has 0 radical (unpaired) electrons. The monoisotopic (exact) mass is 449 g/mol. The molecule has 1 amide bonds. The first-order valence-corrected chi connectivity index (χ1v) is 11.3. The highest BCUT2D eigenvalue weighted by Crippen LogP contribution is 2.29. The number of nitrogens with one attached hydrogen (secondary N) is 1. The van der Waals surface area contributed by atoms with Crippen molar-refractivity contribution in [3.63, 3.8) is 0 Å². The molecule has 7 nitrogen and oxygen atoms in total. The van der Waals surface area contributed by atoms with Gasteiger partial charge in [-0.05, 0) is 37.6 Å². The molecule has 4 aromatic rings. The van der Waals surface area contributed by atoms with Gasteiger partial charge in [0.05, 0.1) is 11.4 Å². The number of hydrogen-bond acceptors (Lipinski definition) is 6. The first-order chi connectivity index (χ1) is 15.5. The zero-order chi connectivity index (χ0) is 22.5. The fourth-order valence-corrected chi connectivity index (χ4v) is 4.09. The van der Waals surface area contributed by atoms with Crippen molar-refractivity contribution in [2.75, 3.05) is 5.32 Å². The largest absolute Gasteiger partial charge is 0.481 e. The number of thioether (sulfide) groups is 1. The van der Waals surface area contributed by atoms with Crippen molar-refractivity contribution in [3.05, 3.63) is 88.5 Å². The molecule has 0 saturated heterocycles. The minimum absolute atomic E-state index is 0.212. The molecule has 8 heteroatoms. The molecule has 1 atom stereocenters. The Hall–Kier alpha value is -3.52. The maximum absolute atomic E-state index is 12.9. The normalized spacial score (nSPS) is 11.9. The second kappa shape index (κ2) is 9.74. The number of nitrogens with zero attached hydrogens (tertiary/aromatic N) is 2. The van der Waals surface area contributed by atoms with Crippen LogP contribution in [0.1, 0.15) is 24.8 Å². The summed E-state index contributed by atoms with van der Waals surface area (Å²) >= 11 is 1.49. The van der Waals surface area contributed by atoms with E-state index in [2.05, 4.69) is 10.3 Å². The van der Waals surface area contributed by atoms with Crippen LogP contribution in [0.25, 0.3) is 5.65 Å². The summed E-state index contributed by atoms with van der Waals surface area (Å²) in [5, 5.41) is 2.98. The molecule has 0 aliphatic carbocycles. The minimum atomic E-state index is -0.607. The number of aryl methyl sites for hydroxylation is 1. The number of carbonyl (C=O) groups is 1. The van der Waals surface area contributed by atoms with E-state index in [0.717, 1.165) is 4.90 Å². The average molecular weight is 450 g/mol. The number of benzene rings is 2. The molecular weight excluding hydrogens is 426 g/mol. The lowest BCUT2D eigenvalue weighted by Crippen LogP contribution is -2.32. The highest BCUT2D eigenvalue weighted by Gasteiger charge is 2.19. The Morgan fingerprint density at radius 3 is 2.69 bits per heavy atom. The zero-order valence-corrected chi connectivity index (χ0v) is 18.6. The van der Waals surface area contributed by atoms with Crippen LogP contribution in [0, 0.1) is 6.92 Å². The predicted molar refractivity (Wildman–Crippen MR) is 124 cm³/mol. The van der Waals surface area contributed by atoms with Crippen LogP contribution in [0.15, 0.2) is 80.9 Å². The van der Waals surface area contributed by atoms with Gasteiger partial charge in [-0.3, -0.25) is 9.59 Å². The van der Waals surface area contributed by atoms with Gasteiger partial charge in [-0.2, -0.15) is 0 Å². The number of amides is 1. The molecule has 0 spiro atoms. The molecule has 0 saturated carbocycles. The fourth-order valence-electron chi connectivity index (χ4n) is 3.19. The third-order valence-electron chi connectivity index (χ3n) is 4.73. The number of ether oxygens (including phenoxy) is 1. The Morgan fingerprint density at radius 1 is 1.16 bits per heavy atom. The SMILES string of the molecule is CCC(Oc1ccccc1)C(=O)Nc1ccccc1SCc1cc(=O)n2oc(C)cc2n1. The van der Waals surface area contributed by atoms with Gasteiger partial charge in [0, 0.05) is 22.8 Å². The molecule has 0 aliphatic heterocycles. The number of carbonyl (C=O) groups excluding carboxylic acids is 1. The van der Waals surface area contributed by atoms with Crippen molar-refractivity contribution in [1.29, 1.82) is 0 Å². The Balaban J connectivity index is 1.46. The smallest absolute Gasteiger partial charge is 0.287 e. The van der Waals surface area contributed by atoms with Crippen LogP contribution >= 0.6 is 11.8 Å². The highest BCUT2D eigenvalue weighted by atomic mass is 32.2. The van der Waals surface area contributed by atoms with Crippen molar-refractivity contribution in [2.24, 2.45) is 0 Å². The average Bonchev–Trinajstić information content (AvgIpc) is 3.18. The fraction of sp³-hybridized carbons (Fsp3) is 0.208. The summed E-state index contributed by atoms with van der Waals surface area (Å²) in [5.74, 6) is 1.53. The van der Waals surface area contributed by atoms with E-state index in [-0.39, 0.29) is 11.5 Å². The van der Waals surface area contributed by atoms with E-state index in [1.54, 1.807) is 13.0 Å². The van der Waals surface area contributed by atoms with E-state index in [1.165, 1.54) is 22.4 Å². The standard InChI is InChI=1S/C24H23N3O4S/c1-3-20(30-18-9-5-4-6-10-18)24(29)26-19-11-7-8-12-21(19)32-15-17-14-23(28)27-22(25-17)13-16(2)31-27/h4-14,20H,3,15H2,1-2H3,(H,26,29). The van der Waals surface area contributed by atoms with Gasteiger partial charge in [-0.15, -0.1) is 16.3 Å². The van der Waals surface area contributed by atoms with E-state index in [0.29, 0.717) is 40.7 Å². The summed E-state index contributed by atoms with van der Waals surface area (Å²) in [7, 11) is 0. The summed E-state index contributed by atoms with van der Waals surface area (Å²) in [6.07, 6.45) is -0.0717. The lowest BCUT2D eigenvalue weighted by Gasteiger charge is -2.18. The first-order valence-electron chi connectivity index (χ1n) is 10.3. The lowest BCUT2D eigenvalue weighted by molar-refractivity contribution is -0.122. The third kappa shape index (κ3) is 5.03. The topological polar surface area (TPSA) is 85.8 Å². The number of anilines is 1. The van der Waals surface area contributed by atoms with Gasteiger partial charge in [0.15, 0.2) is 11.8 Å². The van der Waals surface area contributed by atoms with Crippen LogP contribution in [0.5, 0.6) is 5.75 Å². The summed E-state index contributed by atoms with van der Waals surface area (Å²) < 4.78 is 12.4. The van der Waals surface area contributed by atoms with Crippen molar-refractivity contribution < 1.29 is 14.1 Å². The quantitative estimate of drug-likeness (QED) is 0.393. The highest BCUT2D eigenvalue weighted by molar-refractivity contribution is 7.98. The number of hydrogen-bond donors (Lipinski definition) is 1. The molecule has 2 heterocycles. The van der Waals surface area contributed by atoms with Gasteiger partial charge < -0.3 is 14.6 Å². The summed E-state index contributed by atoms with van der Waals surface area (Å²) in [4.78, 5) is 30.5. The molecule has 4 rings (SSSR count).